The molecule has 0 atom stereocenters. The van der Waals surface area contributed by atoms with Crippen molar-refractivity contribution in [1.82, 2.24) is 0 Å². The quantitative estimate of drug-likeness (QED) is 0.850. The van der Waals surface area contributed by atoms with Crippen LogP contribution in [0.5, 0.6) is 0 Å². The third-order valence-corrected chi connectivity index (χ3v) is 3.39. The van der Waals surface area contributed by atoms with Crippen molar-refractivity contribution in [3.63, 3.8) is 0 Å². The monoisotopic (exact) mass is 274 g/mol. The minimum atomic E-state index is -0.0178. The van der Waals surface area contributed by atoms with E-state index in [4.69, 9.17) is 0 Å². The van der Waals surface area contributed by atoms with Gasteiger partial charge in [-0.3, -0.25) is 9.59 Å². The normalized spacial score (nSPS) is 15.0. The maximum absolute atomic E-state index is 12.3. The molecule has 2 rings (SSSR count). The Balaban J connectivity index is 2.40. The highest BCUT2D eigenvalue weighted by atomic mass is 16.2. The Kier molecular flexibility index (Phi) is 4.12. The van der Waals surface area contributed by atoms with Crippen LogP contribution >= 0.6 is 0 Å². The minimum Gasteiger partial charge on any atom is -0.306 e. The van der Waals surface area contributed by atoms with Crippen LogP contribution in [0, 0.1) is 5.92 Å². The van der Waals surface area contributed by atoms with Gasteiger partial charge in [-0.2, -0.15) is 0 Å². The second-order valence-electron chi connectivity index (χ2n) is 5.92. The predicted molar refractivity (Wildman–Crippen MR) is 80.9 cm³/mol. The van der Waals surface area contributed by atoms with Crippen molar-refractivity contribution in [3.05, 3.63) is 24.3 Å². The van der Waals surface area contributed by atoms with Gasteiger partial charge in [0.15, 0.2) is 0 Å². The van der Waals surface area contributed by atoms with E-state index in [1.54, 1.807) is 9.80 Å². The van der Waals surface area contributed by atoms with Crippen molar-refractivity contribution >= 4 is 23.2 Å². The van der Waals surface area contributed by atoms with Gasteiger partial charge in [0, 0.05) is 12.5 Å². The van der Waals surface area contributed by atoms with E-state index in [0.717, 1.165) is 11.4 Å². The molecule has 0 radical (unpaired) electrons. The number of nitrogens with zero attached hydrogens (tertiary/aromatic N) is 2. The van der Waals surface area contributed by atoms with Gasteiger partial charge in [0.05, 0.1) is 11.4 Å². The molecule has 4 nitrogen and oxygen atoms in total. The number of anilines is 2. The van der Waals surface area contributed by atoms with Gasteiger partial charge >= 0.3 is 0 Å². The average molecular weight is 274 g/mol. The van der Waals surface area contributed by atoms with Crippen molar-refractivity contribution < 1.29 is 9.59 Å². The van der Waals surface area contributed by atoms with Crippen molar-refractivity contribution in [1.29, 1.82) is 0 Å². The summed E-state index contributed by atoms with van der Waals surface area (Å²) >= 11 is 0. The fraction of sp³-hybridized carbons (Fsp3) is 0.500. The molecule has 20 heavy (non-hydrogen) atoms. The molecule has 0 aliphatic carbocycles. The second kappa shape index (κ2) is 5.65. The number of carbonyl (C=O) groups is 2. The molecule has 0 saturated carbocycles. The van der Waals surface area contributed by atoms with E-state index in [0.29, 0.717) is 6.42 Å². The second-order valence-corrected chi connectivity index (χ2v) is 5.92. The summed E-state index contributed by atoms with van der Waals surface area (Å²) in [5, 5.41) is 0. The van der Waals surface area contributed by atoms with Crippen molar-refractivity contribution in [3.8, 4) is 0 Å². The zero-order valence-corrected chi connectivity index (χ0v) is 12.6. The lowest BCUT2D eigenvalue weighted by atomic mass is 10.1. The number of carbonyl (C=O) groups excluding carboxylic acids is 2. The van der Waals surface area contributed by atoms with Crippen LogP contribution in [0.15, 0.2) is 24.3 Å². The molecule has 1 aliphatic heterocycles. The summed E-state index contributed by atoms with van der Waals surface area (Å²) in [7, 11) is 0. The van der Waals surface area contributed by atoms with Crippen LogP contribution < -0.4 is 9.80 Å². The van der Waals surface area contributed by atoms with Gasteiger partial charge < -0.3 is 9.80 Å². The largest absolute Gasteiger partial charge is 0.306 e. The van der Waals surface area contributed by atoms with Crippen LogP contribution in [-0.2, 0) is 9.59 Å². The number of amides is 2. The van der Waals surface area contributed by atoms with E-state index < -0.39 is 0 Å². The first-order chi connectivity index (χ1) is 9.41. The van der Waals surface area contributed by atoms with E-state index in [1.165, 1.54) is 0 Å². The van der Waals surface area contributed by atoms with Crippen LogP contribution in [0.1, 0.15) is 34.1 Å². The Morgan fingerprint density at radius 3 is 2.30 bits per heavy atom. The highest BCUT2D eigenvalue weighted by molar-refractivity contribution is 6.11. The molecule has 0 aromatic heterocycles. The fourth-order valence-corrected chi connectivity index (χ4v) is 2.58. The first kappa shape index (κ1) is 14.6. The summed E-state index contributed by atoms with van der Waals surface area (Å²) in [6.45, 7) is 8.13. The molecular formula is C16H22N2O2. The van der Waals surface area contributed by atoms with Gasteiger partial charge in [-0.05, 0) is 31.9 Å². The third kappa shape index (κ3) is 2.69. The molecular weight excluding hydrogens is 252 g/mol. The minimum absolute atomic E-state index is 0.0178. The van der Waals surface area contributed by atoms with Gasteiger partial charge in [0.25, 0.3) is 0 Å². The molecule has 1 aliphatic rings. The summed E-state index contributed by atoms with van der Waals surface area (Å²) in [4.78, 5) is 28.1. The predicted octanol–water partition coefficient (Wildman–Crippen LogP) is 2.82. The summed E-state index contributed by atoms with van der Waals surface area (Å²) in [6, 6.07) is 7.71. The fourth-order valence-electron chi connectivity index (χ4n) is 2.58. The Morgan fingerprint density at radius 2 is 1.75 bits per heavy atom. The molecule has 0 saturated heterocycles. The van der Waals surface area contributed by atoms with E-state index in [-0.39, 0.29) is 30.3 Å². The highest BCUT2D eigenvalue weighted by Gasteiger charge is 2.33. The average Bonchev–Trinajstić information content (AvgIpc) is 2.36. The molecule has 1 aromatic carbocycles. The van der Waals surface area contributed by atoms with E-state index in [9.17, 15) is 9.59 Å². The van der Waals surface area contributed by atoms with E-state index in [1.807, 2.05) is 52.0 Å². The molecule has 0 N–H and O–H groups in total. The van der Waals surface area contributed by atoms with Crippen LogP contribution in [0.25, 0.3) is 0 Å². The first-order valence-electron chi connectivity index (χ1n) is 7.13. The van der Waals surface area contributed by atoms with Gasteiger partial charge in [-0.1, -0.05) is 26.0 Å². The maximum Gasteiger partial charge on any atom is 0.247 e. The first-order valence-corrected chi connectivity index (χ1v) is 7.13. The standard InChI is InChI=1S/C16H22N2O2/c1-11(2)9-15(19)17-10-16(20)18(12(3)4)14-8-6-5-7-13(14)17/h5-8,11-12H,9-10H2,1-4H3. The number of hydrogen-bond acceptors (Lipinski definition) is 2. The molecule has 0 fully saturated rings. The third-order valence-electron chi connectivity index (χ3n) is 3.39. The Morgan fingerprint density at radius 1 is 1.15 bits per heavy atom. The summed E-state index contributed by atoms with van der Waals surface area (Å²) < 4.78 is 0. The summed E-state index contributed by atoms with van der Waals surface area (Å²) in [6.07, 6.45) is 0.462. The van der Waals surface area contributed by atoms with Gasteiger partial charge in [-0.25, -0.2) is 0 Å². The molecule has 0 bridgehead atoms. The van der Waals surface area contributed by atoms with Gasteiger partial charge in [-0.15, -0.1) is 0 Å². The molecule has 2 amide bonds. The number of benzene rings is 1. The zero-order chi connectivity index (χ0) is 14.9. The van der Waals surface area contributed by atoms with Crippen molar-refractivity contribution in [2.24, 2.45) is 5.92 Å². The number of para-hydroxylation sites is 2. The zero-order valence-electron chi connectivity index (χ0n) is 12.6. The van der Waals surface area contributed by atoms with Crippen molar-refractivity contribution in [2.45, 2.75) is 40.2 Å². The van der Waals surface area contributed by atoms with Crippen LogP contribution in [-0.4, -0.2) is 24.4 Å². The molecule has 1 aromatic rings. The number of hydrogen-bond donors (Lipinski definition) is 0. The van der Waals surface area contributed by atoms with E-state index >= 15 is 0 Å². The van der Waals surface area contributed by atoms with Gasteiger partial charge in [0.2, 0.25) is 11.8 Å². The summed E-state index contributed by atoms with van der Waals surface area (Å²) in [5.74, 6) is 0.285. The molecule has 0 unspecified atom stereocenters. The molecule has 0 spiro atoms. The Labute approximate surface area is 120 Å². The lowest BCUT2D eigenvalue weighted by molar-refractivity contribution is -0.123. The molecule has 108 valence electrons. The number of fused-ring (bicyclic) bond motifs is 1. The lowest BCUT2D eigenvalue weighted by Crippen LogP contribution is -2.50. The summed E-state index contributed by atoms with van der Waals surface area (Å²) in [5.41, 5.74) is 1.67. The van der Waals surface area contributed by atoms with Crippen LogP contribution in [0.3, 0.4) is 0 Å². The van der Waals surface area contributed by atoms with Gasteiger partial charge in [0.1, 0.15) is 6.54 Å². The smallest absolute Gasteiger partial charge is 0.247 e. The SMILES string of the molecule is CC(C)CC(=O)N1CC(=O)N(C(C)C)c2ccccc21. The maximum atomic E-state index is 12.3. The van der Waals surface area contributed by atoms with Crippen molar-refractivity contribution in [2.75, 3.05) is 16.3 Å². The lowest BCUT2D eigenvalue weighted by Gasteiger charge is -2.38. The molecule has 4 heteroatoms. The Hall–Kier alpha value is -1.84. The molecule has 1 heterocycles. The number of rotatable bonds is 3. The highest BCUT2D eigenvalue weighted by Crippen LogP contribution is 2.35. The topological polar surface area (TPSA) is 40.6 Å². The van der Waals surface area contributed by atoms with Crippen LogP contribution in [0.4, 0.5) is 11.4 Å². The Bertz CT molecular complexity index is 523. The van der Waals surface area contributed by atoms with E-state index in [2.05, 4.69) is 0 Å². The van der Waals surface area contributed by atoms with Crippen LogP contribution in [0.2, 0.25) is 0 Å².